The number of piperidine rings is 1. The lowest BCUT2D eigenvalue weighted by Crippen LogP contribution is -2.39. The van der Waals surface area contributed by atoms with Gasteiger partial charge in [-0.3, -0.25) is 24.2 Å². The Balaban J connectivity index is 1.51. The van der Waals surface area contributed by atoms with E-state index in [2.05, 4.69) is 25.0 Å². The molecule has 1 aliphatic rings. The van der Waals surface area contributed by atoms with Gasteiger partial charge in [0, 0.05) is 25.7 Å². The second-order valence-electron chi connectivity index (χ2n) is 6.67. The maximum absolute atomic E-state index is 12.7. The summed E-state index contributed by atoms with van der Waals surface area (Å²) in [5.74, 6) is 0.599. The average molecular weight is 352 g/mol. The fraction of sp³-hybridized carbons (Fsp3) is 0.389. The zero-order valence-electron chi connectivity index (χ0n) is 14.6. The molecule has 3 aromatic heterocycles. The molecule has 0 aliphatic carbocycles. The molecule has 0 saturated carbocycles. The maximum Gasteiger partial charge on any atom is 0.262 e. The van der Waals surface area contributed by atoms with Crippen LogP contribution in [0.3, 0.4) is 0 Å². The summed E-state index contributed by atoms with van der Waals surface area (Å²) >= 11 is 0. The molecule has 4 rings (SSSR count). The number of hydrogen-bond acceptors (Lipinski definition) is 6. The van der Waals surface area contributed by atoms with E-state index in [4.69, 9.17) is 0 Å². The smallest absolute Gasteiger partial charge is 0.262 e. The van der Waals surface area contributed by atoms with Gasteiger partial charge in [-0.25, -0.2) is 4.98 Å². The number of pyridine rings is 1. The first-order valence-electron chi connectivity index (χ1n) is 8.70. The van der Waals surface area contributed by atoms with Crippen molar-refractivity contribution in [3.63, 3.8) is 0 Å². The number of nitrogens with one attached hydrogen (secondary N) is 1. The third kappa shape index (κ3) is 3.15. The van der Waals surface area contributed by atoms with Gasteiger partial charge in [-0.1, -0.05) is 6.07 Å². The molecular weight excluding hydrogens is 332 g/mol. The largest absolute Gasteiger partial charge is 0.309 e. The van der Waals surface area contributed by atoms with E-state index in [-0.39, 0.29) is 17.3 Å². The topological polar surface area (TPSA) is 96.8 Å². The van der Waals surface area contributed by atoms with Crippen LogP contribution in [0.5, 0.6) is 0 Å². The van der Waals surface area contributed by atoms with Crippen molar-refractivity contribution in [3.05, 3.63) is 52.5 Å². The molecule has 0 spiro atoms. The molecule has 0 radical (unpaired) electrons. The lowest BCUT2D eigenvalue weighted by molar-refractivity contribution is 0.0803. The van der Waals surface area contributed by atoms with E-state index >= 15 is 0 Å². The van der Waals surface area contributed by atoms with Gasteiger partial charge in [-0.15, -0.1) is 0 Å². The number of aromatic nitrogens is 5. The first-order valence-corrected chi connectivity index (χ1v) is 8.70. The van der Waals surface area contributed by atoms with Crippen LogP contribution in [-0.2, 0) is 13.6 Å². The van der Waals surface area contributed by atoms with Gasteiger partial charge in [-0.2, -0.15) is 5.10 Å². The van der Waals surface area contributed by atoms with Crippen molar-refractivity contribution in [2.24, 2.45) is 13.0 Å². The fourth-order valence-electron chi connectivity index (χ4n) is 3.50. The monoisotopic (exact) mass is 352 g/mol. The quantitative estimate of drug-likeness (QED) is 0.708. The summed E-state index contributed by atoms with van der Waals surface area (Å²) < 4.78 is 1.59. The van der Waals surface area contributed by atoms with Gasteiger partial charge in [0.1, 0.15) is 16.9 Å². The number of fused-ring (bicyclic) bond motifs is 1. The van der Waals surface area contributed by atoms with Crippen molar-refractivity contribution in [2.75, 3.05) is 13.1 Å². The number of carbonyl (C=O) groups is 1. The molecule has 8 heteroatoms. The third-order valence-corrected chi connectivity index (χ3v) is 4.82. The lowest BCUT2D eigenvalue weighted by atomic mass is 9.92. The number of Topliss-reactive ketones (excluding diaryl/α,β-unsaturated/α-hetero) is 1. The van der Waals surface area contributed by atoms with Crippen LogP contribution in [0.4, 0.5) is 0 Å². The summed E-state index contributed by atoms with van der Waals surface area (Å²) in [6.07, 6.45) is 4.96. The Morgan fingerprint density at radius 3 is 3.08 bits per heavy atom. The van der Waals surface area contributed by atoms with Gasteiger partial charge in [0.2, 0.25) is 0 Å². The Morgan fingerprint density at radius 2 is 2.27 bits per heavy atom. The van der Waals surface area contributed by atoms with Gasteiger partial charge in [-0.05, 0) is 31.5 Å². The van der Waals surface area contributed by atoms with E-state index in [1.54, 1.807) is 30.1 Å². The minimum Gasteiger partial charge on any atom is -0.309 e. The predicted octanol–water partition coefficient (Wildman–Crippen LogP) is 1.15. The fourth-order valence-corrected chi connectivity index (χ4v) is 3.50. The van der Waals surface area contributed by atoms with Gasteiger partial charge < -0.3 is 4.98 Å². The van der Waals surface area contributed by atoms with Crippen LogP contribution in [0, 0.1) is 5.92 Å². The lowest BCUT2D eigenvalue weighted by Gasteiger charge is -2.31. The standard InChI is InChI=1S/C18H20N6O2/c1-23-17-13(9-20-23)18(26)22-15(21-17)11-24-8-4-5-12(10-24)16(25)14-6-2-3-7-19-14/h2-3,6-7,9,12H,4-5,8,10-11H2,1H3,(H,21,22,26)/t12-/m1/s1. The SMILES string of the molecule is Cn1ncc2c(=O)[nH]c(CN3CCC[C@@H](C(=O)c4ccccn4)C3)nc21. The van der Waals surface area contributed by atoms with Crippen LogP contribution in [0.15, 0.2) is 35.4 Å². The van der Waals surface area contributed by atoms with Crippen molar-refractivity contribution in [2.45, 2.75) is 19.4 Å². The summed E-state index contributed by atoms with van der Waals surface area (Å²) in [4.78, 5) is 38.5. The first-order chi connectivity index (χ1) is 12.6. The van der Waals surface area contributed by atoms with Crippen molar-refractivity contribution in [3.8, 4) is 0 Å². The number of likely N-dealkylation sites (tertiary alicyclic amines) is 1. The van der Waals surface area contributed by atoms with E-state index in [0.29, 0.717) is 35.6 Å². The molecule has 1 aliphatic heterocycles. The summed E-state index contributed by atoms with van der Waals surface area (Å²) in [7, 11) is 1.76. The molecule has 0 bridgehead atoms. The summed E-state index contributed by atoms with van der Waals surface area (Å²) in [5.41, 5.74) is 0.903. The van der Waals surface area contributed by atoms with Crippen LogP contribution in [-0.4, -0.2) is 48.5 Å². The minimum absolute atomic E-state index is 0.0780. The maximum atomic E-state index is 12.7. The van der Waals surface area contributed by atoms with Crippen LogP contribution in [0.1, 0.15) is 29.2 Å². The van der Waals surface area contributed by atoms with E-state index in [9.17, 15) is 9.59 Å². The van der Waals surface area contributed by atoms with Crippen molar-refractivity contribution >= 4 is 16.8 Å². The minimum atomic E-state index is -0.184. The molecule has 0 unspecified atom stereocenters. The molecule has 0 amide bonds. The van der Waals surface area contributed by atoms with Crippen molar-refractivity contribution in [1.82, 2.24) is 29.6 Å². The number of H-pyrrole nitrogens is 1. The predicted molar refractivity (Wildman–Crippen MR) is 95.7 cm³/mol. The number of aryl methyl sites for hydroxylation is 1. The molecular formula is C18H20N6O2. The van der Waals surface area contributed by atoms with Crippen LogP contribution >= 0.6 is 0 Å². The highest BCUT2D eigenvalue weighted by atomic mass is 16.1. The van der Waals surface area contributed by atoms with Crippen molar-refractivity contribution in [1.29, 1.82) is 0 Å². The van der Waals surface area contributed by atoms with Crippen LogP contribution in [0.2, 0.25) is 0 Å². The van der Waals surface area contributed by atoms with E-state index in [0.717, 1.165) is 19.4 Å². The van der Waals surface area contributed by atoms with Crippen LogP contribution in [0.25, 0.3) is 11.0 Å². The molecule has 8 nitrogen and oxygen atoms in total. The molecule has 1 fully saturated rings. The Labute approximate surface area is 149 Å². The Kier molecular flexibility index (Phi) is 4.34. The molecule has 4 heterocycles. The Hall–Kier alpha value is -2.87. The van der Waals surface area contributed by atoms with E-state index in [1.807, 2.05) is 6.07 Å². The highest BCUT2D eigenvalue weighted by molar-refractivity contribution is 5.96. The first kappa shape index (κ1) is 16.6. The number of aromatic amines is 1. The number of carbonyl (C=O) groups excluding carboxylic acids is 1. The second-order valence-corrected chi connectivity index (χ2v) is 6.67. The van der Waals surface area contributed by atoms with Gasteiger partial charge in [0.05, 0.1) is 12.7 Å². The molecule has 26 heavy (non-hydrogen) atoms. The number of nitrogens with zero attached hydrogens (tertiary/aromatic N) is 5. The average Bonchev–Trinajstić information content (AvgIpc) is 3.04. The zero-order chi connectivity index (χ0) is 18.1. The third-order valence-electron chi connectivity index (χ3n) is 4.82. The summed E-state index contributed by atoms with van der Waals surface area (Å²) in [6, 6.07) is 5.40. The second kappa shape index (κ2) is 6.80. The normalized spacial score (nSPS) is 18.3. The summed E-state index contributed by atoms with van der Waals surface area (Å²) in [6.45, 7) is 2.02. The van der Waals surface area contributed by atoms with E-state index in [1.165, 1.54) is 6.20 Å². The Bertz CT molecular complexity index is 994. The molecule has 3 aromatic rings. The van der Waals surface area contributed by atoms with Gasteiger partial charge >= 0.3 is 0 Å². The number of rotatable bonds is 4. The highest BCUT2D eigenvalue weighted by Crippen LogP contribution is 2.21. The number of hydrogen-bond donors (Lipinski definition) is 1. The Morgan fingerprint density at radius 1 is 1.38 bits per heavy atom. The summed E-state index contributed by atoms with van der Waals surface area (Å²) in [5, 5.41) is 4.57. The van der Waals surface area contributed by atoms with Gasteiger partial charge in [0.25, 0.3) is 5.56 Å². The molecule has 134 valence electrons. The zero-order valence-corrected chi connectivity index (χ0v) is 14.6. The molecule has 1 atom stereocenters. The van der Waals surface area contributed by atoms with E-state index < -0.39 is 0 Å². The number of ketones is 1. The van der Waals surface area contributed by atoms with Crippen LogP contribution < -0.4 is 5.56 Å². The highest BCUT2D eigenvalue weighted by Gasteiger charge is 2.27. The molecule has 1 saturated heterocycles. The molecule has 0 aromatic carbocycles. The molecule has 1 N–H and O–H groups in total. The van der Waals surface area contributed by atoms with Crippen molar-refractivity contribution < 1.29 is 4.79 Å². The van der Waals surface area contributed by atoms with Gasteiger partial charge in [0.15, 0.2) is 11.4 Å².